The third-order valence-electron chi connectivity index (χ3n) is 4.37. The van der Waals surface area contributed by atoms with E-state index < -0.39 is 0 Å². The topological polar surface area (TPSA) is 32.3 Å². The minimum absolute atomic E-state index is 0.259. The largest absolute Gasteiger partial charge is 0.312 e. The van der Waals surface area contributed by atoms with Gasteiger partial charge in [-0.15, -0.1) is 0 Å². The maximum Gasteiger partial charge on any atom is 0.137 e. The maximum absolute atomic E-state index is 12.1. The van der Waals surface area contributed by atoms with Gasteiger partial charge in [-0.1, -0.05) is 30.3 Å². The molecule has 0 aromatic heterocycles. The molecule has 0 amide bonds. The zero-order valence-electron chi connectivity index (χ0n) is 11.3. The summed E-state index contributed by atoms with van der Waals surface area (Å²) in [6, 6.07) is 11.0. The number of nitrogens with zero attached hydrogens (tertiary/aromatic N) is 1. The summed E-state index contributed by atoms with van der Waals surface area (Å²) in [4.78, 5) is 14.5. The van der Waals surface area contributed by atoms with E-state index in [-0.39, 0.29) is 5.92 Å². The highest BCUT2D eigenvalue weighted by atomic mass is 16.1. The van der Waals surface area contributed by atoms with Crippen molar-refractivity contribution in [2.45, 2.75) is 31.8 Å². The first-order chi connectivity index (χ1) is 9.33. The lowest BCUT2D eigenvalue weighted by Gasteiger charge is -2.37. The molecule has 0 radical (unpaired) electrons. The molecule has 0 saturated carbocycles. The van der Waals surface area contributed by atoms with Crippen molar-refractivity contribution in [2.24, 2.45) is 5.92 Å². The van der Waals surface area contributed by atoms with E-state index in [0.717, 1.165) is 45.4 Å². The van der Waals surface area contributed by atoms with Crippen LogP contribution in [0.15, 0.2) is 30.3 Å². The van der Waals surface area contributed by atoms with E-state index >= 15 is 0 Å². The number of nitrogens with one attached hydrogen (secondary N) is 1. The Morgan fingerprint density at radius 1 is 1.26 bits per heavy atom. The molecule has 2 atom stereocenters. The number of carbonyl (C=O) groups excluding carboxylic acids is 1. The van der Waals surface area contributed by atoms with Crippen LogP contribution in [0.5, 0.6) is 0 Å². The van der Waals surface area contributed by atoms with Gasteiger partial charge < -0.3 is 5.32 Å². The zero-order chi connectivity index (χ0) is 13.1. The molecule has 2 aliphatic heterocycles. The Morgan fingerprint density at radius 3 is 2.95 bits per heavy atom. The molecule has 2 unspecified atom stereocenters. The molecule has 1 N–H and O–H groups in total. The van der Waals surface area contributed by atoms with Gasteiger partial charge in [0.2, 0.25) is 0 Å². The minimum Gasteiger partial charge on any atom is -0.312 e. The normalized spacial score (nSPS) is 28.7. The molecule has 2 fully saturated rings. The van der Waals surface area contributed by atoms with E-state index in [4.69, 9.17) is 0 Å². The summed E-state index contributed by atoms with van der Waals surface area (Å²) >= 11 is 0. The maximum atomic E-state index is 12.1. The van der Waals surface area contributed by atoms with E-state index in [2.05, 4.69) is 40.5 Å². The van der Waals surface area contributed by atoms with Crippen molar-refractivity contribution >= 4 is 5.78 Å². The van der Waals surface area contributed by atoms with Crippen LogP contribution < -0.4 is 5.32 Å². The molecule has 1 aromatic rings. The summed E-state index contributed by atoms with van der Waals surface area (Å²) in [6.45, 7) is 4.04. The molecule has 0 spiro atoms. The summed E-state index contributed by atoms with van der Waals surface area (Å²) in [5, 5.41) is 3.57. The summed E-state index contributed by atoms with van der Waals surface area (Å²) < 4.78 is 0. The number of hydrogen-bond donors (Lipinski definition) is 1. The Hall–Kier alpha value is -1.19. The van der Waals surface area contributed by atoms with E-state index in [1.807, 2.05) is 0 Å². The Balaban J connectivity index is 1.63. The third kappa shape index (κ3) is 3.04. The van der Waals surface area contributed by atoms with Crippen molar-refractivity contribution in [1.82, 2.24) is 10.2 Å². The molecule has 19 heavy (non-hydrogen) atoms. The molecule has 3 nitrogen and oxygen atoms in total. The van der Waals surface area contributed by atoms with Crippen molar-refractivity contribution < 1.29 is 4.79 Å². The monoisotopic (exact) mass is 258 g/mol. The number of likely N-dealkylation sites (tertiary alicyclic amines) is 1. The predicted octanol–water partition coefficient (Wildman–Crippen LogP) is 1.83. The van der Waals surface area contributed by atoms with Gasteiger partial charge in [-0.25, -0.2) is 0 Å². The van der Waals surface area contributed by atoms with Crippen LogP contribution in [-0.2, 0) is 11.3 Å². The van der Waals surface area contributed by atoms with Gasteiger partial charge in [-0.2, -0.15) is 0 Å². The van der Waals surface area contributed by atoms with Crippen LogP contribution in [0.3, 0.4) is 0 Å². The molecular weight excluding hydrogens is 236 g/mol. The summed E-state index contributed by atoms with van der Waals surface area (Å²) in [5.41, 5.74) is 1.36. The van der Waals surface area contributed by atoms with Crippen LogP contribution in [-0.4, -0.2) is 36.4 Å². The number of benzene rings is 1. The van der Waals surface area contributed by atoms with Gasteiger partial charge in [0.1, 0.15) is 5.78 Å². The van der Waals surface area contributed by atoms with Crippen LogP contribution in [0.2, 0.25) is 0 Å². The predicted molar refractivity (Wildman–Crippen MR) is 75.9 cm³/mol. The summed E-state index contributed by atoms with van der Waals surface area (Å²) in [5.74, 6) is 0.740. The quantitative estimate of drug-likeness (QED) is 0.878. The molecule has 0 bridgehead atoms. The fourth-order valence-corrected chi connectivity index (χ4v) is 3.33. The number of rotatable bonds is 2. The van der Waals surface area contributed by atoms with E-state index in [0.29, 0.717) is 11.8 Å². The van der Waals surface area contributed by atoms with Crippen molar-refractivity contribution in [3.05, 3.63) is 35.9 Å². The van der Waals surface area contributed by atoms with E-state index in [1.54, 1.807) is 0 Å². The number of Topliss-reactive ketones (excluding diaryl/α,β-unsaturated/α-hetero) is 1. The minimum atomic E-state index is 0.259. The molecule has 2 heterocycles. The highest BCUT2D eigenvalue weighted by molar-refractivity contribution is 5.82. The van der Waals surface area contributed by atoms with Gasteiger partial charge in [0.05, 0.1) is 0 Å². The lowest BCUT2D eigenvalue weighted by Crippen LogP contribution is -2.51. The molecular formula is C16H22N2O. The van der Waals surface area contributed by atoms with Crippen LogP contribution >= 0.6 is 0 Å². The Morgan fingerprint density at radius 2 is 2.11 bits per heavy atom. The second kappa shape index (κ2) is 5.85. The fraction of sp³-hybridized carbons (Fsp3) is 0.562. The first-order valence-electron chi connectivity index (χ1n) is 7.35. The molecule has 3 rings (SSSR count). The molecule has 3 heteroatoms. The Bertz CT molecular complexity index is 432. The SMILES string of the molecule is O=C1CCCNC2CN(Cc3ccccc3)CCC12. The lowest BCUT2D eigenvalue weighted by molar-refractivity contribution is -0.124. The standard InChI is InChI=1S/C16H22N2O/c19-16-7-4-9-17-15-12-18(10-8-14(15)16)11-13-5-2-1-3-6-13/h1-3,5-6,14-15,17H,4,7-12H2. The second-order valence-corrected chi connectivity index (χ2v) is 5.75. The first kappa shape index (κ1) is 12.8. The van der Waals surface area contributed by atoms with E-state index in [9.17, 15) is 4.79 Å². The third-order valence-corrected chi connectivity index (χ3v) is 4.37. The van der Waals surface area contributed by atoms with Crippen LogP contribution in [0.4, 0.5) is 0 Å². The smallest absolute Gasteiger partial charge is 0.137 e. The highest BCUT2D eigenvalue weighted by Gasteiger charge is 2.34. The average Bonchev–Trinajstić information content (AvgIpc) is 2.62. The molecule has 0 aliphatic carbocycles. The first-order valence-corrected chi connectivity index (χ1v) is 7.35. The molecule has 102 valence electrons. The van der Waals surface area contributed by atoms with Crippen molar-refractivity contribution in [2.75, 3.05) is 19.6 Å². The number of ketones is 1. The second-order valence-electron chi connectivity index (χ2n) is 5.75. The molecule has 2 saturated heterocycles. The zero-order valence-corrected chi connectivity index (χ0v) is 11.3. The van der Waals surface area contributed by atoms with Crippen LogP contribution in [0.1, 0.15) is 24.8 Å². The van der Waals surface area contributed by atoms with Gasteiger partial charge in [0.15, 0.2) is 0 Å². The molecule has 2 aliphatic rings. The lowest BCUT2D eigenvalue weighted by atomic mass is 9.87. The van der Waals surface area contributed by atoms with Crippen molar-refractivity contribution in [3.63, 3.8) is 0 Å². The van der Waals surface area contributed by atoms with E-state index in [1.165, 1.54) is 5.56 Å². The van der Waals surface area contributed by atoms with Gasteiger partial charge in [-0.05, 0) is 31.5 Å². The van der Waals surface area contributed by atoms with Gasteiger partial charge in [0, 0.05) is 31.5 Å². The highest BCUT2D eigenvalue weighted by Crippen LogP contribution is 2.24. The van der Waals surface area contributed by atoms with Crippen LogP contribution in [0, 0.1) is 5.92 Å². The average molecular weight is 258 g/mol. The summed E-state index contributed by atoms with van der Waals surface area (Å²) in [7, 11) is 0. The van der Waals surface area contributed by atoms with Gasteiger partial charge in [0.25, 0.3) is 0 Å². The number of carbonyl (C=O) groups is 1. The van der Waals surface area contributed by atoms with Crippen LogP contribution in [0.25, 0.3) is 0 Å². The van der Waals surface area contributed by atoms with Crippen molar-refractivity contribution in [1.29, 1.82) is 0 Å². The molecule has 1 aromatic carbocycles. The van der Waals surface area contributed by atoms with Gasteiger partial charge in [-0.3, -0.25) is 9.69 Å². The fourth-order valence-electron chi connectivity index (χ4n) is 3.33. The Labute approximate surface area is 115 Å². The number of fused-ring (bicyclic) bond motifs is 1. The Kier molecular flexibility index (Phi) is 3.95. The van der Waals surface area contributed by atoms with Gasteiger partial charge >= 0.3 is 0 Å². The number of piperidine rings is 1. The summed E-state index contributed by atoms with van der Waals surface area (Å²) in [6.07, 6.45) is 2.79. The van der Waals surface area contributed by atoms with Crippen molar-refractivity contribution in [3.8, 4) is 0 Å². The number of hydrogen-bond acceptors (Lipinski definition) is 3.